The lowest BCUT2D eigenvalue weighted by Gasteiger charge is -2.23. The second kappa shape index (κ2) is 5.36. The van der Waals surface area contributed by atoms with E-state index >= 15 is 0 Å². The fourth-order valence-corrected chi connectivity index (χ4v) is 1.05. The van der Waals surface area contributed by atoms with Crippen LogP contribution in [-0.4, -0.2) is 24.5 Å². The maximum absolute atomic E-state index is 2.37. The normalized spacial score (nSPS) is 15.6. The first-order valence-corrected chi connectivity index (χ1v) is 4.43. The molecule has 0 bridgehead atoms. The predicted molar refractivity (Wildman–Crippen MR) is 51.8 cm³/mol. The maximum Gasteiger partial charge on any atom is 0.0101 e. The van der Waals surface area contributed by atoms with Crippen molar-refractivity contribution in [2.45, 2.75) is 40.2 Å². The summed E-state index contributed by atoms with van der Waals surface area (Å²) in [6.45, 7) is 9.91. The third-order valence-corrected chi connectivity index (χ3v) is 2.36. The van der Waals surface area contributed by atoms with Crippen molar-refractivity contribution in [3.05, 3.63) is 11.6 Å². The van der Waals surface area contributed by atoms with Crippen molar-refractivity contribution in [2.24, 2.45) is 0 Å². The molecule has 0 amide bonds. The second-order valence-electron chi connectivity index (χ2n) is 3.26. The molecule has 0 rings (SSSR count). The van der Waals surface area contributed by atoms with Gasteiger partial charge in [0.25, 0.3) is 0 Å². The highest BCUT2D eigenvalue weighted by molar-refractivity contribution is 4.97. The van der Waals surface area contributed by atoms with Crippen LogP contribution >= 0.6 is 0 Å². The summed E-state index contributed by atoms with van der Waals surface area (Å²) in [5.74, 6) is 0. The van der Waals surface area contributed by atoms with Gasteiger partial charge in [-0.25, -0.2) is 0 Å². The van der Waals surface area contributed by atoms with Crippen LogP contribution in [0.1, 0.15) is 34.1 Å². The average molecular weight is 155 g/mol. The van der Waals surface area contributed by atoms with E-state index in [2.05, 4.69) is 45.7 Å². The average Bonchev–Trinajstić information content (AvgIpc) is 2.02. The Hall–Kier alpha value is -0.300. The highest BCUT2D eigenvalue weighted by Gasteiger charge is 2.06. The lowest BCUT2D eigenvalue weighted by molar-refractivity contribution is 0.269. The Morgan fingerprint density at radius 2 is 2.09 bits per heavy atom. The molecule has 0 aliphatic rings. The Morgan fingerprint density at radius 3 is 2.45 bits per heavy atom. The molecule has 0 aromatic rings. The van der Waals surface area contributed by atoms with Gasteiger partial charge in [-0.15, -0.1) is 0 Å². The van der Waals surface area contributed by atoms with Crippen molar-refractivity contribution >= 4 is 0 Å². The molecule has 11 heavy (non-hydrogen) atoms. The van der Waals surface area contributed by atoms with Gasteiger partial charge in [-0.1, -0.05) is 18.6 Å². The lowest BCUT2D eigenvalue weighted by atomic mass is 10.1. The molecule has 1 atom stereocenters. The van der Waals surface area contributed by atoms with Gasteiger partial charge in [0.2, 0.25) is 0 Å². The molecule has 1 nitrogen and oxygen atoms in total. The van der Waals surface area contributed by atoms with E-state index in [1.54, 1.807) is 0 Å². The first kappa shape index (κ1) is 10.7. The molecule has 66 valence electrons. The van der Waals surface area contributed by atoms with Crippen molar-refractivity contribution in [1.29, 1.82) is 0 Å². The zero-order valence-corrected chi connectivity index (χ0v) is 8.52. The minimum atomic E-state index is 0.677. The smallest absolute Gasteiger partial charge is 0.0101 e. The Balaban J connectivity index is 3.76. The number of nitrogens with zero attached hydrogens (tertiary/aromatic N) is 1. The molecule has 0 saturated carbocycles. The van der Waals surface area contributed by atoms with Crippen LogP contribution in [0.2, 0.25) is 0 Å². The van der Waals surface area contributed by atoms with Gasteiger partial charge in [0.15, 0.2) is 0 Å². The zero-order chi connectivity index (χ0) is 8.85. The molecule has 0 heterocycles. The standard InChI is InChI=1S/C10H21N/c1-6-9(3)8-10(4)11(5)7-2/h6,10H,7-8H2,1-5H3. The van der Waals surface area contributed by atoms with Crippen LogP contribution in [0, 0.1) is 0 Å². The molecule has 0 aromatic carbocycles. The van der Waals surface area contributed by atoms with Crippen molar-refractivity contribution in [1.82, 2.24) is 4.90 Å². The van der Waals surface area contributed by atoms with Crippen LogP contribution in [0.4, 0.5) is 0 Å². The van der Waals surface area contributed by atoms with Crippen LogP contribution in [0.3, 0.4) is 0 Å². The van der Waals surface area contributed by atoms with E-state index in [4.69, 9.17) is 0 Å². The summed E-state index contributed by atoms with van der Waals surface area (Å²) in [5, 5.41) is 0. The van der Waals surface area contributed by atoms with Gasteiger partial charge in [0, 0.05) is 6.04 Å². The van der Waals surface area contributed by atoms with E-state index < -0.39 is 0 Å². The summed E-state index contributed by atoms with van der Waals surface area (Å²) < 4.78 is 0. The van der Waals surface area contributed by atoms with Crippen LogP contribution in [0.15, 0.2) is 11.6 Å². The van der Waals surface area contributed by atoms with E-state index in [-0.39, 0.29) is 0 Å². The molecular weight excluding hydrogens is 134 g/mol. The lowest BCUT2D eigenvalue weighted by Crippen LogP contribution is -2.28. The predicted octanol–water partition coefficient (Wildman–Crippen LogP) is 2.68. The minimum absolute atomic E-state index is 0.677. The first-order chi connectivity index (χ1) is 5.11. The fraction of sp³-hybridized carbons (Fsp3) is 0.800. The number of allylic oxidation sites excluding steroid dienone is 1. The highest BCUT2D eigenvalue weighted by atomic mass is 15.1. The van der Waals surface area contributed by atoms with Crippen LogP contribution < -0.4 is 0 Å². The Kier molecular flexibility index (Phi) is 5.22. The van der Waals surface area contributed by atoms with E-state index in [0.29, 0.717) is 6.04 Å². The van der Waals surface area contributed by atoms with Gasteiger partial charge in [-0.3, -0.25) is 0 Å². The molecule has 1 unspecified atom stereocenters. The Labute approximate surface area is 71.1 Å². The molecule has 0 spiro atoms. The van der Waals surface area contributed by atoms with Crippen molar-refractivity contribution < 1.29 is 0 Å². The van der Waals surface area contributed by atoms with Gasteiger partial charge in [0.1, 0.15) is 0 Å². The summed E-state index contributed by atoms with van der Waals surface area (Å²) in [6.07, 6.45) is 3.39. The number of rotatable bonds is 4. The number of hydrogen-bond acceptors (Lipinski definition) is 1. The minimum Gasteiger partial charge on any atom is -0.304 e. The van der Waals surface area contributed by atoms with E-state index in [1.165, 1.54) is 12.0 Å². The van der Waals surface area contributed by atoms with Gasteiger partial charge < -0.3 is 4.90 Å². The third-order valence-electron chi connectivity index (χ3n) is 2.36. The number of hydrogen-bond donors (Lipinski definition) is 0. The van der Waals surface area contributed by atoms with Crippen molar-refractivity contribution in [2.75, 3.05) is 13.6 Å². The monoisotopic (exact) mass is 155 g/mol. The topological polar surface area (TPSA) is 3.24 Å². The summed E-state index contributed by atoms with van der Waals surface area (Å²) >= 11 is 0. The van der Waals surface area contributed by atoms with Crippen LogP contribution in [-0.2, 0) is 0 Å². The second-order valence-corrected chi connectivity index (χ2v) is 3.26. The van der Waals surface area contributed by atoms with Gasteiger partial charge in [0.05, 0.1) is 0 Å². The molecule has 1 heteroatoms. The highest BCUT2D eigenvalue weighted by Crippen LogP contribution is 2.08. The molecular formula is C10H21N. The van der Waals surface area contributed by atoms with Gasteiger partial charge >= 0.3 is 0 Å². The van der Waals surface area contributed by atoms with E-state index in [1.807, 2.05) is 0 Å². The first-order valence-electron chi connectivity index (χ1n) is 4.43. The molecule has 0 aliphatic carbocycles. The largest absolute Gasteiger partial charge is 0.304 e. The van der Waals surface area contributed by atoms with Crippen LogP contribution in [0.5, 0.6) is 0 Å². The Morgan fingerprint density at radius 1 is 1.55 bits per heavy atom. The van der Waals surface area contributed by atoms with Gasteiger partial charge in [-0.05, 0) is 40.8 Å². The summed E-state index contributed by atoms with van der Waals surface area (Å²) in [5.41, 5.74) is 1.48. The zero-order valence-electron chi connectivity index (χ0n) is 8.52. The van der Waals surface area contributed by atoms with Gasteiger partial charge in [-0.2, -0.15) is 0 Å². The molecule has 0 aliphatic heterocycles. The van der Waals surface area contributed by atoms with Crippen molar-refractivity contribution in [3.8, 4) is 0 Å². The maximum atomic E-state index is 2.37. The van der Waals surface area contributed by atoms with E-state index in [9.17, 15) is 0 Å². The van der Waals surface area contributed by atoms with Crippen molar-refractivity contribution in [3.63, 3.8) is 0 Å². The molecule has 0 radical (unpaired) electrons. The molecule has 0 aromatic heterocycles. The fourth-order valence-electron chi connectivity index (χ4n) is 1.05. The quantitative estimate of drug-likeness (QED) is 0.564. The SMILES string of the molecule is CC=C(C)CC(C)N(C)CC. The summed E-state index contributed by atoms with van der Waals surface area (Å²) in [4.78, 5) is 2.37. The summed E-state index contributed by atoms with van der Waals surface area (Å²) in [7, 11) is 2.17. The molecule has 0 N–H and O–H groups in total. The molecule has 0 fully saturated rings. The third kappa shape index (κ3) is 4.20. The summed E-state index contributed by atoms with van der Waals surface area (Å²) in [6, 6.07) is 0.677. The molecule has 0 saturated heterocycles. The van der Waals surface area contributed by atoms with E-state index in [0.717, 1.165) is 6.54 Å². The van der Waals surface area contributed by atoms with Crippen LogP contribution in [0.25, 0.3) is 0 Å². The Bertz CT molecular complexity index is 127.